The summed E-state index contributed by atoms with van der Waals surface area (Å²) in [4.78, 5) is 28.2. The second kappa shape index (κ2) is 5.57. The van der Waals surface area contributed by atoms with E-state index in [4.69, 9.17) is 0 Å². The lowest BCUT2D eigenvalue weighted by Crippen LogP contribution is -2.48. The standard InChI is InChI=1S/C18H18N2O2S2/c1-18(2)8-10-15(11(21)9-18)16(20-17(22)19-10)14-6-5-13(24-14)12-4-3-7-23-12/h3-7,16H,8-9H2,1-2H3,(H2,19,20,22)/t16-/m0/s1. The number of hydrogen-bond donors (Lipinski definition) is 2. The number of hydrogen-bond acceptors (Lipinski definition) is 4. The number of amides is 2. The Balaban J connectivity index is 1.74. The van der Waals surface area contributed by atoms with Gasteiger partial charge in [0.1, 0.15) is 0 Å². The molecule has 0 aromatic carbocycles. The molecule has 0 spiro atoms. The molecule has 0 fully saturated rings. The van der Waals surface area contributed by atoms with Crippen LogP contribution in [-0.2, 0) is 4.79 Å². The molecule has 0 saturated heterocycles. The van der Waals surface area contributed by atoms with E-state index in [9.17, 15) is 9.59 Å². The van der Waals surface area contributed by atoms with Crippen molar-refractivity contribution in [2.75, 3.05) is 0 Å². The monoisotopic (exact) mass is 358 g/mol. The van der Waals surface area contributed by atoms with E-state index in [1.54, 1.807) is 22.7 Å². The summed E-state index contributed by atoms with van der Waals surface area (Å²) in [6.45, 7) is 4.13. The fourth-order valence-electron chi connectivity index (χ4n) is 3.43. The highest BCUT2D eigenvalue weighted by Crippen LogP contribution is 2.43. The molecule has 124 valence electrons. The third-order valence-corrected chi connectivity index (χ3v) is 6.64. The lowest BCUT2D eigenvalue weighted by atomic mass is 9.73. The molecule has 2 aliphatic rings. The molecule has 4 rings (SSSR count). The highest BCUT2D eigenvalue weighted by atomic mass is 32.1. The number of allylic oxidation sites excluding steroid dienone is 1. The summed E-state index contributed by atoms with van der Waals surface area (Å²) in [6.07, 6.45) is 1.24. The summed E-state index contributed by atoms with van der Waals surface area (Å²) < 4.78 is 0. The van der Waals surface area contributed by atoms with Crippen molar-refractivity contribution in [1.82, 2.24) is 10.6 Å². The molecule has 2 amide bonds. The zero-order valence-corrected chi connectivity index (χ0v) is 15.1. The van der Waals surface area contributed by atoms with Crippen LogP contribution < -0.4 is 10.6 Å². The number of ketones is 1. The first-order valence-electron chi connectivity index (χ1n) is 7.90. The van der Waals surface area contributed by atoms with Gasteiger partial charge in [0, 0.05) is 32.3 Å². The Hall–Kier alpha value is -1.92. The zero-order valence-electron chi connectivity index (χ0n) is 13.5. The maximum Gasteiger partial charge on any atom is 0.319 e. The first-order chi connectivity index (χ1) is 11.4. The second-order valence-electron chi connectivity index (χ2n) is 7.04. The van der Waals surface area contributed by atoms with Crippen LogP contribution in [0, 0.1) is 5.41 Å². The topological polar surface area (TPSA) is 58.2 Å². The van der Waals surface area contributed by atoms with Gasteiger partial charge in [0.2, 0.25) is 0 Å². The molecule has 0 saturated carbocycles. The van der Waals surface area contributed by atoms with E-state index in [2.05, 4.69) is 42.0 Å². The zero-order chi connectivity index (χ0) is 16.9. The van der Waals surface area contributed by atoms with Crippen LogP contribution in [0.5, 0.6) is 0 Å². The van der Waals surface area contributed by atoms with Gasteiger partial charge in [0.05, 0.1) is 6.04 Å². The minimum Gasteiger partial charge on any atom is -0.326 e. The molecule has 2 aromatic rings. The Labute approximate surface area is 148 Å². The van der Waals surface area contributed by atoms with Gasteiger partial charge in [-0.05, 0) is 35.4 Å². The maximum absolute atomic E-state index is 12.7. The Morgan fingerprint density at radius 1 is 1.12 bits per heavy atom. The van der Waals surface area contributed by atoms with Crippen LogP contribution in [-0.4, -0.2) is 11.8 Å². The van der Waals surface area contributed by atoms with Crippen molar-refractivity contribution < 1.29 is 9.59 Å². The normalized spacial score (nSPS) is 22.8. The summed E-state index contributed by atoms with van der Waals surface area (Å²) in [7, 11) is 0. The van der Waals surface area contributed by atoms with Crippen LogP contribution in [0.3, 0.4) is 0 Å². The molecule has 3 heterocycles. The molecule has 1 atom stereocenters. The van der Waals surface area contributed by atoms with Gasteiger partial charge in [0.25, 0.3) is 0 Å². The number of Topliss-reactive ketones (excluding diaryl/α,β-unsaturated/α-hetero) is 1. The van der Waals surface area contributed by atoms with Crippen molar-refractivity contribution in [1.29, 1.82) is 0 Å². The molecule has 24 heavy (non-hydrogen) atoms. The molecular formula is C18H18N2O2S2. The Bertz CT molecular complexity index is 846. The van der Waals surface area contributed by atoms with Gasteiger partial charge < -0.3 is 10.6 Å². The van der Waals surface area contributed by atoms with E-state index < -0.39 is 0 Å². The number of urea groups is 1. The summed E-state index contributed by atoms with van der Waals surface area (Å²) in [6, 6.07) is 7.64. The Morgan fingerprint density at radius 3 is 2.71 bits per heavy atom. The molecule has 2 N–H and O–H groups in total. The molecule has 0 unspecified atom stereocenters. The lowest BCUT2D eigenvalue weighted by molar-refractivity contribution is -0.118. The van der Waals surface area contributed by atoms with Crippen molar-refractivity contribution in [3.63, 3.8) is 0 Å². The van der Waals surface area contributed by atoms with Gasteiger partial charge in [-0.25, -0.2) is 4.79 Å². The highest BCUT2D eigenvalue weighted by Gasteiger charge is 2.40. The molecule has 1 aliphatic carbocycles. The number of carbonyl (C=O) groups is 2. The number of nitrogens with one attached hydrogen (secondary N) is 2. The van der Waals surface area contributed by atoms with Crippen molar-refractivity contribution >= 4 is 34.5 Å². The van der Waals surface area contributed by atoms with E-state index >= 15 is 0 Å². The van der Waals surface area contributed by atoms with E-state index in [-0.39, 0.29) is 23.3 Å². The predicted octanol–water partition coefficient (Wildman–Crippen LogP) is 4.47. The lowest BCUT2D eigenvalue weighted by Gasteiger charge is -2.37. The van der Waals surface area contributed by atoms with Gasteiger partial charge >= 0.3 is 6.03 Å². The molecular weight excluding hydrogens is 340 g/mol. The van der Waals surface area contributed by atoms with Gasteiger partial charge in [0.15, 0.2) is 5.78 Å². The SMILES string of the molecule is CC1(C)CC(=O)C2=C(C1)NC(=O)N[C@H]2c1ccc(-c2cccs2)s1. The van der Waals surface area contributed by atoms with Gasteiger partial charge in [-0.1, -0.05) is 19.9 Å². The average Bonchev–Trinajstić information content (AvgIpc) is 3.16. The smallest absolute Gasteiger partial charge is 0.319 e. The predicted molar refractivity (Wildman–Crippen MR) is 97.1 cm³/mol. The fourth-order valence-corrected chi connectivity index (χ4v) is 5.33. The minimum atomic E-state index is -0.337. The summed E-state index contributed by atoms with van der Waals surface area (Å²) in [5, 5.41) is 7.84. The van der Waals surface area contributed by atoms with Crippen LogP contribution in [0.25, 0.3) is 9.75 Å². The van der Waals surface area contributed by atoms with Crippen molar-refractivity contribution in [3.8, 4) is 9.75 Å². The molecule has 2 aromatic heterocycles. The number of rotatable bonds is 2. The molecule has 0 bridgehead atoms. The van der Waals surface area contributed by atoms with Crippen LogP contribution in [0.4, 0.5) is 4.79 Å². The number of carbonyl (C=O) groups excluding carboxylic acids is 2. The third kappa shape index (κ3) is 2.70. The Morgan fingerprint density at radius 2 is 1.96 bits per heavy atom. The maximum atomic E-state index is 12.7. The van der Waals surface area contributed by atoms with Crippen molar-refractivity contribution in [2.24, 2.45) is 5.41 Å². The molecule has 1 aliphatic heterocycles. The van der Waals surface area contributed by atoms with Gasteiger partial charge in [-0.15, -0.1) is 22.7 Å². The molecule has 0 radical (unpaired) electrons. The van der Waals surface area contributed by atoms with Crippen LogP contribution in [0.15, 0.2) is 40.9 Å². The Kier molecular flexibility index (Phi) is 3.62. The second-order valence-corrected chi connectivity index (χ2v) is 9.11. The largest absolute Gasteiger partial charge is 0.326 e. The van der Waals surface area contributed by atoms with Gasteiger partial charge in [-0.2, -0.15) is 0 Å². The van der Waals surface area contributed by atoms with Crippen molar-refractivity contribution in [3.05, 3.63) is 45.8 Å². The van der Waals surface area contributed by atoms with E-state index in [1.807, 2.05) is 12.1 Å². The van der Waals surface area contributed by atoms with Crippen LogP contribution in [0.2, 0.25) is 0 Å². The first kappa shape index (κ1) is 15.6. The highest BCUT2D eigenvalue weighted by molar-refractivity contribution is 7.21. The fraction of sp³-hybridized carbons (Fsp3) is 0.333. The van der Waals surface area contributed by atoms with Crippen molar-refractivity contribution in [2.45, 2.75) is 32.7 Å². The summed E-state index contributed by atoms with van der Waals surface area (Å²) >= 11 is 3.33. The molecule has 4 nitrogen and oxygen atoms in total. The minimum absolute atomic E-state index is 0.108. The van der Waals surface area contributed by atoms with E-state index in [0.717, 1.165) is 22.6 Å². The van der Waals surface area contributed by atoms with Gasteiger partial charge in [-0.3, -0.25) is 4.79 Å². The van der Waals surface area contributed by atoms with E-state index in [0.29, 0.717) is 6.42 Å². The van der Waals surface area contributed by atoms with Crippen LogP contribution >= 0.6 is 22.7 Å². The van der Waals surface area contributed by atoms with E-state index in [1.165, 1.54) is 9.75 Å². The third-order valence-electron chi connectivity index (χ3n) is 4.42. The number of thiophene rings is 2. The summed E-state index contributed by atoms with van der Waals surface area (Å²) in [5.41, 5.74) is 1.41. The molecule has 6 heteroatoms. The first-order valence-corrected chi connectivity index (χ1v) is 9.60. The quantitative estimate of drug-likeness (QED) is 0.832. The summed E-state index contributed by atoms with van der Waals surface area (Å²) in [5.74, 6) is 0.129. The van der Waals surface area contributed by atoms with Crippen LogP contribution in [0.1, 0.15) is 37.6 Å². The average molecular weight is 358 g/mol.